The normalized spacial score (nSPS) is 20.7. The Bertz CT molecular complexity index is 215. The van der Waals surface area contributed by atoms with E-state index < -0.39 is 0 Å². The van der Waals surface area contributed by atoms with Crippen LogP contribution in [0.4, 0.5) is 0 Å². The maximum Gasteiger partial charge on any atom is 0.309 e. The van der Waals surface area contributed by atoms with E-state index in [0.29, 0.717) is 12.5 Å². The Labute approximate surface area is 107 Å². The molecule has 1 rings (SSSR count). The highest BCUT2D eigenvalue weighted by molar-refractivity contribution is 9.09. The van der Waals surface area contributed by atoms with Crippen LogP contribution in [0.5, 0.6) is 0 Å². The van der Waals surface area contributed by atoms with E-state index in [1.54, 1.807) is 0 Å². The quantitative estimate of drug-likeness (QED) is 0.575. The third kappa shape index (κ3) is 4.42. The van der Waals surface area contributed by atoms with Gasteiger partial charge in [0.1, 0.15) is 0 Å². The monoisotopic (exact) mass is 291 g/mol. The summed E-state index contributed by atoms with van der Waals surface area (Å²) in [5.74, 6) is 0.810. The van der Waals surface area contributed by atoms with Crippen molar-refractivity contribution in [3.05, 3.63) is 0 Å². The van der Waals surface area contributed by atoms with Gasteiger partial charge in [0, 0.05) is 11.9 Å². The fraction of sp³-hybridized carbons (Fsp3) is 0.917. The van der Waals surface area contributed by atoms with Crippen LogP contribution in [0.3, 0.4) is 0 Å². The van der Waals surface area contributed by atoms with Gasteiger partial charge in [-0.2, -0.15) is 0 Å². The van der Waals surface area contributed by atoms with Crippen LogP contribution in [0.2, 0.25) is 0 Å². The van der Waals surface area contributed by atoms with Gasteiger partial charge in [-0.3, -0.25) is 4.79 Å². The molecule has 3 nitrogen and oxygen atoms in total. The Morgan fingerprint density at radius 3 is 2.62 bits per heavy atom. The molecule has 0 aromatic rings. The first-order valence-electron chi connectivity index (χ1n) is 6.12. The van der Waals surface area contributed by atoms with Crippen molar-refractivity contribution in [1.82, 2.24) is 4.90 Å². The van der Waals surface area contributed by atoms with Gasteiger partial charge in [-0.05, 0) is 38.8 Å². The third-order valence-corrected chi connectivity index (χ3v) is 4.15. The molecule has 1 unspecified atom stereocenters. The van der Waals surface area contributed by atoms with E-state index in [9.17, 15) is 4.79 Å². The summed E-state index contributed by atoms with van der Waals surface area (Å²) < 4.78 is 5.05. The molecule has 1 fully saturated rings. The highest BCUT2D eigenvalue weighted by Crippen LogP contribution is 2.19. The molecule has 0 amide bonds. The van der Waals surface area contributed by atoms with Crippen LogP contribution in [0.25, 0.3) is 0 Å². The van der Waals surface area contributed by atoms with Gasteiger partial charge < -0.3 is 9.64 Å². The number of carbonyl (C=O) groups is 1. The summed E-state index contributed by atoms with van der Waals surface area (Å²) in [6.45, 7) is 7.79. The molecule has 1 atom stereocenters. The second-order valence-electron chi connectivity index (χ2n) is 4.59. The van der Waals surface area contributed by atoms with Crippen LogP contribution >= 0.6 is 15.9 Å². The molecule has 0 aliphatic carbocycles. The van der Waals surface area contributed by atoms with E-state index in [0.717, 1.165) is 37.8 Å². The summed E-state index contributed by atoms with van der Waals surface area (Å²) in [6, 6.07) is 0. The number of ether oxygens (including phenoxy) is 1. The van der Waals surface area contributed by atoms with E-state index in [-0.39, 0.29) is 11.9 Å². The van der Waals surface area contributed by atoms with Gasteiger partial charge in [0.05, 0.1) is 12.5 Å². The minimum atomic E-state index is -0.00399. The zero-order valence-corrected chi connectivity index (χ0v) is 11.8. The van der Waals surface area contributed by atoms with Crippen molar-refractivity contribution in [2.24, 2.45) is 11.8 Å². The van der Waals surface area contributed by atoms with Gasteiger partial charge in [0.15, 0.2) is 0 Å². The minimum absolute atomic E-state index is 0.00399. The molecule has 0 aromatic heterocycles. The molecule has 0 radical (unpaired) electrons. The van der Waals surface area contributed by atoms with Crippen molar-refractivity contribution in [3.8, 4) is 0 Å². The molecular formula is C12H22BrNO2. The topological polar surface area (TPSA) is 29.5 Å². The molecule has 0 aromatic carbocycles. The number of likely N-dealkylation sites (tertiary alicyclic amines) is 1. The number of halogens is 1. The molecule has 1 aliphatic heterocycles. The lowest BCUT2D eigenvalue weighted by Crippen LogP contribution is -2.39. The van der Waals surface area contributed by atoms with Crippen LogP contribution in [0, 0.1) is 11.8 Å². The Balaban J connectivity index is 2.25. The van der Waals surface area contributed by atoms with Crippen LogP contribution in [-0.2, 0) is 9.53 Å². The zero-order valence-electron chi connectivity index (χ0n) is 10.2. The SMILES string of the molecule is CCOC(=O)C1CCN(CC(C)CBr)CC1. The lowest BCUT2D eigenvalue weighted by molar-refractivity contribution is -0.149. The molecule has 94 valence electrons. The average molecular weight is 292 g/mol. The van der Waals surface area contributed by atoms with Gasteiger partial charge in [-0.25, -0.2) is 0 Å². The maximum atomic E-state index is 11.5. The molecule has 1 saturated heterocycles. The predicted octanol–water partition coefficient (Wildman–Crippen LogP) is 2.29. The molecule has 0 N–H and O–H groups in total. The summed E-state index contributed by atoms with van der Waals surface area (Å²) in [6.07, 6.45) is 1.90. The van der Waals surface area contributed by atoms with E-state index in [1.807, 2.05) is 6.92 Å². The summed E-state index contributed by atoms with van der Waals surface area (Å²) in [5.41, 5.74) is 0. The lowest BCUT2D eigenvalue weighted by atomic mass is 9.96. The van der Waals surface area contributed by atoms with Gasteiger partial charge >= 0.3 is 5.97 Å². The number of alkyl halides is 1. The average Bonchev–Trinajstić information content (AvgIpc) is 2.30. The van der Waals surface area contributed by atoms with E-state index >= 15 is 0 Å². The Morgan fingerprint density at radius 2 is 2.12 bits per heavy atom. The molecular weight excluding hydrogens is 270 g/mol. The molecule has 0 bridgehead atoms. The molecule has 16 heavy (non-hydrogen) atoms. The van der Waals surface area contributed by atoms with Gasteiger partial charge in [-0.15, -0.1) is 0 Å². The van der Waals surface area contributed by atoms with Crippen LogP contribution in [0.1, 0.15) is 26.7 Å². The van der Waals surface area contributed by atoms with Crippen molar-refractivity contribution >= 4 is 21.9 Å². The maximum absolute atomic E-state index is 11.5. The first-order chi connectivity index (χ1) is 7.67. The largest absolute Gasteiger partial charge is 0.466 e. The zero-order chi connectivity index (χ0) is 12.0. The second-order valence-corrected chi connectivity index (χ2v) is 5.23. The molecule has 1 heterocycles. The van der Waals surface area contributed by atoms with Crippen molar-refractivity contribution < 1.29 is 9.53 Å². The standard InChI is InChI=1S/C12H22BrNO2/c1-3-16-12(15)11-4-6-14(7-5-11)9-10(2)8-13/h10-11H,3-9H2,1-2H3. The summed E-state index contributed by atoms with van der Waals surface area (Å²) >= 11 is 3.50. The fourth-order valence-corrected chi connectivity index (χ4v) is 2.31. The van der Waals surface area contributed by atoms with Gasteiger partial charge in [-0.1, -0.05) is 22.9 Å². The van der Waals surface area contributed by atoms with E-state index in [1.165, 1.54) is 0 Å². The summed E-state index contributed by atoms with van der Waals surface area (Å²) in [5, 5.41) is 1.05. The van der Waals surface area contributed by atoms with Crippen LogP contribution in [0.15, 0.2) is 0 Å². The fourth-order valence-electron chi connectivity index (χ4n) is 2.10. The molecule has 0 saturated carbocycles. The van der Waals surface area contributed by atoms with Crippen molar-refractivity contribution in [3.63, 3.8) is 0 Å². The number of piperidine rings is 1. The summed E-state index contributed by atoms with van der Waals surface area (Å²) in [7, 11) is 0. The number of nitrogens with zero attached hydrogens (tertiary/aromatic N) is 1. The van der Waals surface area contributed by atoms with Gasteiger partial charge in [0.25, 0.3) is 0 Å². The van der Waals surface area contributed by atoms with Crippen molar-refractivity contribution in [2.45, 2.75) is 26.7 Å². The molecule has 0 spiro atoms. The number of carbonyl (C=O) groups excluding carboxylic acids is 1. The Hall–Kier alpha value is -0.0900. The highest BCUT2D eigenvalue weighted by atomic mass is 79.9. The number of rotatable bonds is 5. The number of esters is 1. The van der Waals surface area contributed by atoms with E-state index in [4.69, 9.17) is 4.74 Å². The number of hydrogen-bond acceptors (Lipinski definition) is 3. The predicted molar refractivity (Wildman–Crippen MR) is 68.8 cm³/mol. The van der Waals surface area contributed by atoms with Crippen molar-refractivity contribution in [2.75, 3.05) is 31.6 Å². The Kier molecular flexibility index (Phi) is 6.36. The smallest absolute Gasteiger partial charge is 0.309 e. The first kappa shape index (κ1) is 14.0. The summed E-state index contributed by atoms with van der Waals surface area (Å²) in [4.78, 5) is 14.0. The second kappa shape index (κ2) is 7.28. The first-order valence-corrected chi connectivity index (χ1v) is 7.24. The lowest BCUT2D eigenvalue weighted by Gasteiger charge is -2.32. The van der Waals surface area contributed by atoms with Crippen molar-refractivity contribution in [1.29, 1.82) is 0 Å². The number of hydrogen-bond donors (Lipinski definition) is 0. The highest BCUT2D eigenvalue weighted by Gasteiger charge is 2.26. The minimum Gasteiger partial charge on any atom is -0.466 e. The van der Waals surface area contributed by atoms with Gasteiger partial charge in [0.2, 0.25) is 0 Å². The third-order valence-electron chi connectivity index (χ3n) is 3.04. The molecule has 1 aliphatic rings. The molecule has 4 heteroatoms. The van der Waals surface area contributed by atoms with E-state index in [2.05, 4.69) is 27.8 Å². The van der Waals surface area contributed by atoms with Crippen LogP contribution < -0.4 is 0 Å². The van der Waals surface area contributed by atoms with Crippen LogP contribution in [-0.4, -0.2) is 42.4 Å². The Morgan fingerprint density at radius 1 is 1.50 bits per heavy atom.